The highest BCUT2D eigenvalue weighted by Crippen LogP contribution is 2.28. The summed E-state index contributed by atoms with van der Waals surface area (Å²) in [6.45, 7) is 0. The van der Waals surface area contributed by atoms with E-state index in [1.54, 1.807) is 0 Å². The van der Waals surface area contributed by atoms with Crippen LogP contribution in [0, 0.1) is 0 Å². The lowest BCUT2D eigenvalue weighted by Crippen LogP contribution is -2.10. The van der Waals surface area contributed by atoms with Crippen molar-refractivity contribution in [3.8, 4) is 0 Å². The second kappa shape index (κ2) is 5.90. The topological polar surface area (TPSA) is 20.5 Å². The molecule has 0 aliphatic heterocycles. The maximum absolute atomic E-state index is 4.70. The van der Waals surface area contributed by atoms with Gasteiger partial charge in [0, 0.05) is 26.7 Å². The van der Waals surface area contributed by atoms with Gasteiger partial charge in [-0.1, -0.05) is 30.3 Å². The van der Waals surface area contributed by atoms with Gasteiger partial charge in [0.1, 0.15) is 15.9 Å². The molecule has 0 aliphatic carbocycles. The Morgan fingerprint density at radius 3 is 2.52 bits per heavy atom. The van der Waals surface area contributed by atoms with Gasteiger partial charge in [-0.2, -0.15) is 0 Å². The van der Waals surface area contributed by atoms with E-state index in [-0.39, 0.29) is 0 Å². The van der Waals surface area contributed by atoms with E-state index in [0.717, 1.165) is 28.8 Å². The number of pyridine rings is 1. The molecule has 0 N–H and O–H groups in total. The lowest BCUT2D eigenvalue weighted by molar-refractivity contribution is 0.851. The number of fused-ring (bicyclic) bond motifs is 1. The Morgan fingerprint density at radius 2 is 1.81 bits per heavy atom. The van der Waals surface area contributed by atoms with Crippen molar-refractivity contribution in [2.45, 2.75) is 12.8 Å². The van der Waals surface area contributed by atoms with E-state index in [9.17, 15) is 0 Å². The second-order valence-corrected chi connectivity index (χ2v) is 6.06. The van der Waals surface area contributed by atoms with E-state index >= 15 is 0 Å². The first-order valence-corrected chi connectivity index (χ1v) is 7.83. The summed E-state index contributed by atoms with van der Waals surface area (Å²) in [5, 5.41) is 0. The Kier molecular flexibility index (Phi) is 3.97. The van der Waals surface area contributed by atoms with Crippen LogP contribution in [0.4, 0.5) is 5.69 Å². The van der Waals surface area contributed by atoms with Crippen LogP contribution in [-0.4, -0.2) is 23.5 Å². The molecule has 0 aliphatic rings. The zero-order valence-corrected chi connectivity index (χ0v) is 13.8. The number of anilines is 1. The number of imidazole rings is 1. The molecule has 3 aromatic rings. The normalized spacial score (nSPS) is 11.0. The molecule has 3 nitrogen and oxygen atoms in total. The Balaban J connectivity index is 1.95. The van der Waals surface area contributed by atoms with Crippen LogP contribution in [0.5, 0.6) is 0 Å². The fourth-order valence-electron chi connectivity index (χ4n) is 2.58. The zero-order valence-electron chi connectivity index (χ0n) is 12.3. The smallest absolute Gasteiger partial charge is 0.134 e. The van der Waals surface area contributed by atoms with Crippen LogP contribution in [0.1, 0.15) is 11.4 Å². The van der Waals surface area contributed by atoms with Crippen molar-refractivity contribution in [2.24, 2.45) is 0 Å². The van der Waals surface area contributed by atoms with Gasteiger partial charge in [0.05, 0.1) is 5.69 Å². The average Bonchev–Trinajstić information content (AvgIpc) is 2.83. The van der Waals surface area contributed by atoms with Crippen LogP contribution in [0.3, 0.4) is 0 Å². The van der Waals surface area contributed by atoms with Crippen LogP contribution < -0.4 is 4.90 Å². The maximum atomic E-state index is 4.70. The number of halogens is 1. The summed E-state index contributed by atoms with van der Waals surface area (Å²) in [6, 6.07) is 14.7. The molecule has 108 valence electrons. The third-order valence-electron chi connectivity index (χ3n) is 3.64. The summed E-state index contributed by atoms with van der Waals surface area (Å²) in [5.41, 5.74) is 3.64. The van der Waals surface area contributed by atoms with Gasteiger partial charge in [0.2, 0.25) is 0 Å². The van der Waals surface area contributed by atoms with Crippen LogP contribution in [0.15, 0.2) is 53.3 Å². The SMILES string of the molecule is CN(C)c1cccn2c(CCc3ccccc3)nc(Br)c12. The number of hydrogen-bond donors (Lipinski definition) is 0. The second-order valence-electron chi connectivity index (χ2n) is 5.31. The summed E-state index contributed by atoms with van der Waals surface area (Å²) < 4.78 is 3.09. The van der Waals surface area contributed by atoms with Gasteiger partial charge >= 0.3 is 0 Å². The van der Waals surface area contributed by atoms with Gasteiger partial charge in [0.15, 0.2) is 0 Å². The van der Waals surface area contributed by atoms with E-state index in [1.165, 1.54) is 11.3 Å². The highest BCUT2D eigenvalue weighted by molar-refractivity contribution is 9.10. The standard InChI is InChI=1S/C17H18BrN3/c1-20(2)14-9-6-12-21-15(19-17(18)16(14)21)11-10-13-7-4-3-5-8-13/h3-9,12H,10-11H2,1-2H3. The highest BCUT2D eigenvalue weighted by Gasteiger charge is 2.13. The summed E-state index contributed by atoms with van der Waals surface area (Å²) in [6.07, 6.45) is 4.01. The molecule has 0 unspecified atom stereocenters. The molecule has 0 amide bonds. The molecular formula is C17H18BrN3. The lowest BCUT2D eigenvalue weighted by atomic mass is 10.1. The van der Waals surface area contributed by atoms with Gasteiger partial charge in [-0.25, -0.2) is 4.98 Å². The van der Waals surface area contributed by atoms with Crippen molar-refractivity contribution in [1.29, 1.82) is 0 Å². The largest absolute Gasteiger partial charge is 0.376 e. The van der Waals surface area contributed by atoms with Crippen LogP contribution >= 0.6 is 15.9 Å². The number of aromatic nitrogens is 2. The average molecular weight is 344 g/mol. The van der Waals surface area contributed by atoms with Crippen LogP contribution in [0.2, 0.25) is 0 Å². The van der Waals surface area contributed by atoms with Gasteiger partial charge in [-0.05, 0) is 40.0 Å². The van der Waals surface area contributed by atoms with E-state index in [4.69, 9.17) is 4.98 Å². The third kappa shape index (κ3) is 2.81. The van der Waals surface area contributed by atoms with E-state index < -0.39 is 0 Å². The monoisotopic (exact) mass is 343 g/mol. The number of benzene rings is 1. The number of hydrogen-bond acceptors (Lipinski definition) is 2. The van der Waals surface area contributed by atoms with Crippen molar-refractivity contribution in [3.63, 3.8) is 0 Å². The minimum atomic E-state index is 0.912. The van der Waals surface area contributed by atoms with Crippen molar-refractivity contribution < 1.29 is 0 Å². The van der Waals surface area contributed by atoms with Crippen molar-refractivity contribution in [3.05, 3.63) is 64.7 Å². The Morgan fingerprint density at radius 1 is 1.05 bits per heavy atom. The van der Waals surface area contributed by atoms with Crippen molar-refractivity contribution >= 4 is 27.1 Å². The highest BCUT2D eigenvalue weighted by atomic mass is 79.9. The molecule has 0 spiro atoms. The number of aryl methyl sites for hydroxylation is 2. The molecule has 4 heteroatoms. The quantitative estimate of drug-likeness (QED) is 0.714. The van der Waals surface area contributed by atoms with Crippen molar-refractivity contribution in [2.75, 3.05) is 19.0 Å². The third-order valence-corrected chi connectivity index (χ3v) is 4.19. The molecular weight excluding hydrogens is 326 g/mol. The molecule has 0 saturated heterocycles. The lowest BCUT2D eigenvalue weighted by Gasteiger charge is -2.14. The van der Waals surface area contributed by atoms with E-state index in [1.807, 2.05) is 6.07 Å². The Labute approximate surface area is 133 Å². The fraction of sp³-hybridized carbons (Fsp3) is 0.235. The minimum Gasteiger partial charge on any atom is -0.376 e. The summed E-state index contributed by atoms with van der Waals surface area (Å²) in [7, 11) is 4.11. The minimum absolute atomic E-state index is 0.912. The van der Waals surface area contributed by atoms with Crippen molar-refractivity contribution in [1.82, 2.24) is 9.38 Å². The first-order valence-electron chi connectivity index (χ1n) is 7.03. The molecule has 0 saturated carbocycles. The van der Waals surface area contributed by atoms with E-state index in [2.05, 4.69) is 81.9 Å². The van der Waals surface area contributed by atoms with Crippen LogP contribution in [0.25, 0.3) is 5.52 Å². The number of nitrogens with zero attached hydrogens (tertiary/aromatic N) is 3. The summed E-state index contributed by atoms with van der Waals surface area (Å²) in [4.78, 5) is 6.81. The zero-order chi connectivity index (χ0) is 14.8. The van der Waals surface area contributed by atoms with E-state index in [0.29, 0.717) is 0 Å². The first kappa shape index (κ1) is 14.1. The predicted octanol–water partition coefficient (Wildman–Crippen LogP) is 3.95. The first-order chi connectivity index (χ1) is 10.2. The van der Waals surface area contributed by atoms with Crippen LogP contribution in [-0.2, 0) is 12.8 Å². The van der Waals surface area contributed by atoms with Gasteiger partial charge < -0.3 is 9.30 Å². The molecule has 2 aromatic heterocycles. The molecule has 0 bridgehead atoms. The summed E-state index contributed by atoms with van der Waals surface area (Å²) in [5.74, 6) is 1.09. The molecule has 1 aromatic carbocycles. The van der Waals surface area contributed by atoms with Gasteiger partial charge in [-0.15, -0.1) is 0 Å². The summed E-state index contributed by atoms with van der Waals surface area (Å²) >= 11 is 3.60. The Hall–Kier alpha value is -1.81. The molecule has 0 radical (unpaired) electrons. The molecule has 21 heavy (non-hydrogen) atoms. The maximum Gasteiger partial charge on any atom is 0.134 e. The molecule has 0 atom stereocenters. The van der Waals surface area contributed by atoms with Gasteiger partial charge in [0.25, 0.3) is 0 Å². The number of rotatable bonds is 4. The van der Waals surface area contributed by atoms with Gasteiger partial charge in [-0.3, -0.25) is 0 Å². The predicted molar refractivity (Wildman–Crippen MR) is 91.1 cm³/mol. The molecule has 3 rings (SSSR count). The molecule has 0 fully saturated rings. The Bertz CT molecular complexity index is 747. The molecule has 2 heterocycles. The fourth-order valence-corrected chi connectivity index (χ4v) is 3.17.